The zero-order valence-electron chi connectivity index (χ0n) is 29.7. The monoisotopic (exact) mass is 734 g/mol. The molecule has 53 heavy (non-hydrogen) atoms. The number of ether oxygens (including phenoxy) is 6. The van der Waals surface area contributed by atoms with Crippen molar-refractivity contribution in [3.05, 3.63) is 100 Å². The fraction of sp³-hybridized carbons (Fsp3) is 0.378. The van der Waals surface area contributed by atoms with Gasteiger partial charge in [-0.05, 0) is 59.5 Å². The average molecular weight is 735 g/mol. The molecule has 0 saturated carbocycles. The molecule has 1 aliphatic rings. The standard InChI is InChI=1S/C27H28O12.C10H14N4/c1-14(28)34-13-22-23(35-15(2)29)24(36-16(3)30)25(37-17(4)31)27(39-22)38-21-11-9-19(10-12-21)18-5-7-20(8-6-18)26(32)33;11-14-13-8-4-7-12-9-10-5-2-1-3-6-10/h5-12,22-25,27H,13H2,1-4H3,(H,32,33);1-3,5-6,12H,4,7-9H2/t22-,23+,24+,25-,27-;/m1./s1. The summed E-state index contributed by atoms with van der Waals surface area (Å²) in [6, 6.07) is 23.2. The second kappa shape index (κ2) is 21.4. The van der Waals surface area contributed by atoms with Crippen LogP contribution >= 0.6 is 0 Å². The van der Waals surface area contributed by atoms with Crippen molar-refractivity contribution in [1.82, 2.24) is 5.32 Å². The van der Waals surface area contributed by atoms with E-state index in [1.54, 1.807) is 36.4 Å². The summed E-state index contributed by atoms with van der Waals surface area (Å²) in [5, 5.41) is 15.8. The molecular formula is C37H42N4O12. The summed E-state index contributed by atoms with van der Waals surface area (Å²) in [6.45, 7) is 6.53. The lowest BCUT2D eigenvalue weighted by Gasteiger charge is -2.43. The number of hydrogen-bond donors (Lipinski definition) is 2. The minimum atomic E-state index is -1.36. The lowest BCUT2D eigenvalue weighted by molar-refractivity contribution is -0.288. The highest BCUT2D eigenvalue weighted by Gasteiger charge is 2.53. The lowest BCUT2D eigenvalue weighted by atomic mass is 9.98. The maximum atomic E-state index is 11.9. The van der Waals surface area contributed by atoms with Crippen LogP contribution in [-0.2, 0) is 49.4 Å². The molecule has 0 spiro atoms. The molecule has 2 N–H and O–H groups in total. The van der Waals surface area contributed by atoms with Gasteiger partial charge in [0.1, 0.15) is 18.5 Å². The van der Waals surface area contributed by atoms with E-state index in [9.17, 15) is 24.0 Å². The first kappa shape index (κ1) is 41.5. The number of nitrogens with one attached hydrogen (secondary N) is 1. The predicted octanol–water partition coefficient (Wildman–Crippen LogP) is 4.99. The zero-order chi connectivity index (χ0) is 38.8. The van der Waals surface area contributed by atoms with Crippen LogP contribution in [0, 0.1) is 0 Å². The molecule has 0 radical (unpaired) electrons. The van der Waals surface area contributed by atoms with Crippen LogP contribution in [0.3, 0.4) is 0 Å². The molecule has 1 saturated heterocycles. The first-order valence-electron chi connectivity index (χ1n) is 16.5. The molecule has 16 heteroatoms. The molecule has 1 fully saturated rings. The van der Waals surface area contributed by atoms with Crippen molar-refractivity contribution in [3.8, 4) is 16.9 Å². The summed E-state index contributed by atoms with van der Waals surface area (Å²) in [7, 11) is 0. The van der Waals surface area contributed by atoms with Gasteiger partial charge in [-0.3, -0.25) is 19.2 Å². The van der Waals surface area contributed by atoms with E-state index in [2.05, 4.69) is 27.5 Å². The van der Waals surface area contributed by atoms with E-state index >= 15 is 0 Å². The first-order chi connectivity index (χ1) is 25.4. The van der Waals surface area contributed by atoms with Crippen molar-refractivity contribution in [2.45, 2.75) is 71.4 Å². The molecule has 0 bridgehead atoms. The Morgan fingerprint density at radius 3 is 1.89 bits per heavy atom. The second-order valence-corrected chi connectivity index (χ2v) is 11.6. The second-order valence-electron chi connectivity index (χ2n) is 11.6. The fourth-order valence-electron chi connectivity index (χ4n) is 5.10. The van der Waals surface area contributed by atoms with Gasteiger partial charge in [-0.2, -0.15) is 0 Å². The van der Waals surface area contributed by atoms with Gasteiger partial charge in [-0.1, -0.05) is 59.7 Å². The summed E-state index contributed by atoms with van der Waals surface area (Å²) in [6.07, 6.45) is -5.59. The number of carbonyl (C=O) groups is 5. The van der Waals surface area contributed by atoms with Crippen molar-refractivity contribution in [1.29, 1.82) is 0 Å². The fourth-order valence-corrected chi connectivity index (χ4v) is 5.10. The Balaban J connectivity index is 0.000000452. The largest absolute Gasteiger partial charge is 0.478 e. The van der Waals surface area contributed by atoms with Crippen molar-refractivity contribution >= 4 is 29.8 Å². The van der Waals surface area contributed by atoms with Crippen molar-refractivity contribution < 1.29 is 57.5 Å². The SMILES string of the molecule is CC(=O)OC[C@H]1O[C@@H](Oc2ccc(-c3ccc(C(=O)O)cc3)cc2)[C@H](OC(C)=O)[C@@H](OC(C)=O)[C@H]1OC(C)=O.[N-]=[N+]=NCCCNCc1ccccc1. The third-order valence-electron chi connectivity index (χ3n) is 7.37. The smallest absolute Gasteiger partial charge is 0.335 e. The highest BCUT2D eigenvalue weighted by molar-refractivity contribution is 5.88. The number of rotatable bonds is 15. The molecule has 16 nitrogen and oxygen atoms in total. The Morgan fingerprint density at radius 2 is 1.34 bits per heavy atom. The van der Waals surface area contributed by atoms with Crippen molar-refractivity contribution in [2.75, 3.05) is 19.7 Å². The van der Waals surface area contributed by atoms with Gasteiger partial charge in [0.25, 0.3) is 0 Å². The number of carboxylic acid groups (broad SMARTS) is 1. The van der Waals surface area contributed by atoms with Gasteiger partial charge in [-0.15, -0.1) is 0 Å². The molecule has 0 aromatic heterocycles. The molecule has 0 amide bonds. The number of azide groups is 1. The minimum absolute atomic E-state index is 0.155. The first-order valence-corrected chi connectivity index (χ1v) is 16.5. The molecular weight excluding hydrogens is 692 g/mol. The number of hydrogen-bond acceptors (Lipinski definition) is 13. The van der Waals surface area contributed by atoms with Crippen LogP contribution in [0.15, 0.2) is 84.0 Å². The summed E-state index contributed by atoms with van der Waals surface area (Å²) in [5.74, 6) is -3.61. The van der Waals surface area contributed by atoms with E-state index in [1.807, 2.05) is 18.2 Å². The van der Waals surface area contributed by atoms with Crippen molar-refractivity contribution in [2.24, 2.45) is 5.11 Å². The lowest BCUT2D eigenvalue weighted by Crippen LogP contribution is -2.63. The van der Waals surface area contributed by atoms with Crippen LogP contribution in [0.1, 0.15) is 50.0 Å². The Morgan fingerprint density at radius 1 is 0.774 bits per heavy atom. The van der Waals surface area contributed by atoms with E-state index in [0.717, 1.165) is 51.4 Å². The van der Waals surface area contributed by atoms with Crippen LogP contribution in [0.2, 0.25) is 0 Å². The number of benzene rings is 3. The maximum absolute atomic E-state index is 11.9. The Labute approximate surface area is 305 Å². The van der Waals surface area contributed by atoms with Crippen LogP contribution in [0.25, 0.3) is 21.6 Å². The molecule has 1 heterocycles. The van der Waals surface area contributed by atoms with Crippen LogP contribution in [0.5, 0.6) is 5.75 Å². The van der Waals surface area contributed by atoms with E-state index in [-0.39, 0.29) is 17.9 Å². The van der Waals surface area contributed by atoms with E-state index in [4.69, 9.17) is 39.1 Å². The van der Waals surface area contributed by atoms with E-state index < -0.39 is 60.6 Å². The van der Waals surface area contributed by atoms with E-state index in [0.29, 0.717) is 6.54 Å². The number of esters is 4. The van der Waals surface area contributed by atoms with Crippen LogP contribution in [0.4, 0.5) is 0 Å². The molecule has 0 aliphatic carbocycles. The Kier molecular flexibility index (Phi) is 16.8. The topological polar surface area (TPSA) is 222 Å². The number of carboxylic acids is 1. The summed E-state index contributed by atoms with van der Waals surface area (Å²) in [4.78, 5) is 61.0. The average Bonchev–Trinajstić information content (AvgIpc) is 3.12. The quantitative estimate of drug-likeness (QED) is 0.0525. The molecule has 1 aliphatic heterocycles. The number of aromatic carboxylic acids is 1. The normalized spacial score (nSPS) is 18.8. The van der Waals surface area contributed by atoms with Gasteiger partial charge in [0.15, 0.2) is 12.2 Å². The highest BCUT2D eigenvalue weighted by atomic mass is 16.7. The zero-order valence-corrected chi connectivity index (χ0v) is 29.7. The molecule has 3 aromatic carbocycles. The maximum Gasteiger partial charge on any atom is 0.335 e. The molecule has 5 atom stereocenters. The summed E-state index contributed by atoms with van der Waals surface area (Å²) >= 11 is 0. The summed E-state index contributed by atoms with van der Waals surface area (Å²) < 4.78 is 33.1. The summed E-state index contributed by atoms with van der Waals surface area (Å²) in [5.41, 5.74) is 11.0. The number of nitrogens with zero attached hydrogens (tertiary/aromatic N) is 3. The van der Waals surface area contributed by atoms with Gasteiger partial charge < -0.3 is 38.8 Å². The van der Waals surface area contributed by atoms with Crippen molar-refractivity contribution in [3.63, 3.8) is 0 Å². The Bertz CT molecular complexity index is 1710. The molecule has 4 rings (SSSR count). The third kappa shape index (κ3) is 14.3. The van der Waals surface area contributed by atoms with Gasteiger partial charge in [0, 0.05) is 45.7 Å². The molecule has 0 unspecified atom stereocenters. The minimum Gasteiger partial charge on any atom is -0.478 e. The predicted molar refractivity (Wildman–Crippen MR) is 188 cm³/mol. The number of carbonyl (C=O) groups excluding carboxylic acids is 4. The van der Waals surface area contributed by atoms with Gasteiger partial charge >= 0.3 is 29.8 Å². The van der Waals surface area contributed by atoms with Gasteiger partial charge in [0.2, 0.25) is 12.4 Å². The Hall–Kier alpha value is -5.96. The van der Waals surface area contributed by atoms with Gasteiger partial charge in [-0.25, -0.2) is 4.79 Å². The molecule has 282 valence electrons. The van der Waals surface area contributed by atoms with Crippen LogP contribution < -0.4 is 10.1 Å². The van der Waals surface area contributed by atoms with Crippen LogP contribution in [-0.4, -0.2) is 85.4 Å². The van der Waals surface area contributed by atoms with E-state index in [1.165, 1.54) is 24.6 Å². The molecule has 3 aromatic rings. The third-order valence-corrected chi connectivity index (χ3v) is 7.37. The highest BCUT2D eigenvalue weighted by Crippen LogP contribution is 2.32. The van der Waals surface area contributed by atoms with Gasteiger partial charge in [0.05, 0.1) is 5.56 Å².